The second-order valence-corrected chi connectivity index (χ2v) is 5.74. The molecule has 0 heterocycles. The first kappa shape index (κ1) is 24.3. The highest BCUT2D eigenvalue weighted by Gasteiger charge is 2.12. The number of aliphatic hydroxyl groups excluding tert-OH is 1. The smallest absolute Gasteiger partial charge is 0.243 e. The van der Waals surface area contributed by atoms with Crippen LogP contribution in [-0.2, 0) is 11.2 Å². The SMILES string of the molecule is C=C=C=C=C=C=C=C=C=C=C=C=C=C=C[C@H](O)[C@H](C)NC(=O)/C=C/Cc1ccccc1.[HH].[HH].[HH].[HH].[HH].[HH].[HH].[HH].[HH].[HH].[HH].[HH].[HH].[HH].[HH]. The molecular weight excluding hydrogens is 382 g/mol. The van der Waals surface area contributed by atoms with Crippen molar-refractivity contribution >= 4 is 5.91 Å². The van der Waals surface area contributed by atoms with Gasteiger partial charge in [0, 0.05) is 21.4 Å². The summed E-state index contributed by atoms with van der Waals surface area (Å²) in [5.41, 5.74) is 33.5. The van der Waals surface area contributed by atoms with Gasteiger partial charge in [0.05, 0.1) is 12.1 Å². The van der Waals surface area contributed by atoms with E-state index in [1.165, 1.54) is 12.2 Å². The number of hydrogen-bond donors (Lipinski definition) is 2. The Morgan fingerprint density at radius 1 is 1.00 bits per heavy atom. The van der Waals surface area contributed by atoms with Crippen molar-refractivity contribution in [2.24, 2.45) is 0 Å². The van der Waals surface area contributed by atoms with E-state index >= 15 is 0 Å². The summed E-state index contributed by atoms with van der Waals surface area (Å²) >= 11 is 0. The molecule has 1 rings (SSSR count). The zero-order valence-corrected chi connectivity index (χ0v) is 17.0. The average molecular weight is 432 g/mol. The minimum atomic E-state index is -0.932. The fourth-order valence-corrected chi connectivity index (χ4v) is 1.91. The molecule has 178 valence electrons. The van der Waals surface area contributed by atoms with Crippen LogP contribution in [0.25, 0.3) is 0 Å². The molecule has 0 aliphatic carbocycles. The predicted molar refractivity (Wildman–Crippen MR) is 150 cm³/mol. The third kappa shape index (κ3) is 13.1. The summed E-state index contributed by atoms with van der Waals surface area (Å²) in [5, 5.41) is 12.7. The highest BCUT2D eigenvalue weighted by atomic mass is 16.3. The molecule has 0 aromatic heterocycles. The first-order valence-corrected chi connectivity index (χ1v) is 9.18. The molecule has 3 heteroatoms. The van der Waals surface area contributed by atoms with E-state index in [-0.39, 0.29) is 27.3 Å². The molecule has 0 unspecified atom stereocenters. The van der Waals surface area contributed by atoms with Crippen LogP contribution in [0, 0.1) is 0 Å². The Hall–Kier alpha value is -4.73. The van der Waals surface area contributed by atoms with Crippen molar-refractivity contribution in [1.29, 1.82) is 0 Å². The van der Waals surface area contributed by atoms with Gasteiger partial charge in [-0.2, -0.15) is 0 Å². The van der Waals surface area contributed by atoms with E-state index in [0.717, 1.165) is 5.56 Å². The van der Waals surface area contributed by atoms with Crippen LogP contribution in [0.15, 0.2) is 130 Å². The molecule has 3 nitrogen and oxygen atoms in total. The van der Waals surface area contributed by atoms with Crippen molar-refractivity contribution in [3.8, 4) is 0 Å². The normalized spacial score (nSPS) is 9.87. The lowest BCUT2D eigenvalue weighted by atomic mass is 10.1. The molecule has 0 saturated carbocycles. The lowest BCUT2D eigenvalue weighted by Crippen LogP contribution is -2.39. The molecule has 0 aliphatic rings. The molecule has 31 heavy (non-hydrogen) atoms. The second-order valence-electron chi connectivity index (χ2n) is 5.74. The summed E-state index contributed by atoms with van der Waals surface area (Å²) in [6.07, 6.45) is 4.31. The van der Waals surface area contributed by atoms with Gasteiger partial charge in [-0.15, -0.1) is 0 Å². The fraction of sp³-hybridized carbons (Fsp3) is 0.143. The molecule has 2 N–H and O–H groups in total. The summed E-state index contributed by atoms with van der Waals surface area (Å²) in [5.74, 6) is -0.282. The lowest BCUT2D eigenvalue weighted by Gasteiger charge is -2.15. The van der Waals surface area contributed by atoms with E-state index in [0.29, 0.717) is 6.42 Å². The van der Waals surface area contributed by atoms with Crippen molar-refractivity contribution in [1.82, 2.24) is 5.32 Å². The molecule has 0 saturated heterocycles. The predicted octanol–water partition coefficient (Wildman–Crippen LogP) is 7.54. The summed E-state index contributed by atoms with van der Waals surface area (Å²) in [6.45, 7) is 5.00. The summed E-state index contributed by atoms with van der Waals surface area (Å²) < 4.78 is 0. The maximum atomic E-state index is 11.9. The molecule has 2 atom stereocenters. The van der Waals surface area contributed by atoms with Crippen LogP contribution in [0.5, 0.6) is 0 Å². The summed E-state index contributed by atoms with van der Waals surface area (Å²) in [4.78, 5) is 11.9. The number of amides is 1. The maximum Gasteiger partial charge on any atom is 0.243 e. The van der Waals surface area contributed by atoms with Gasteiger partial charge in [-0.3, -0.25) is 4.79 Å². The Balaban J connectivity index is -0.0000000493. The van der Waals surface area contributed by atoms with E-state index in [4.69, 9.17) is 0 Å². The highest BCUT2D eigenvalue weighted by Crippen LogP contribution is 2.00. The zero-order valence-electron chi connectivity index (χ0n) is 17.0. The van der Waals surface area contributed by atoms with E-state index in [1.54, 1.807) is 13.0 Å². The van der Waals surface area contributed by atoms with E-state index < -0.39 is 12.1 Å². The van der Waals surface area contributed by atoms with E-state index in [2.05, 4.69) is 86.4 Å². The molecule has 1 aromatic carbocycles. The van der Waals surface area contributed by atoms with Crippen molar-refractivity contribution in [2.45, 2.75) is 25.5 Å². The molecule has 1 aromatic rings. The summed E-state index contributed by atoms with van der Waals surface area (Å²) in [7, 11) is 0. The van der Waals surface area contributed by atoms with Crippen LogP contribution in [0.3, 0.4) is 0 Å². The molecule has 0 aliphatic heterocycles. The molecule has 0 spiro atoms. The topological polar surface area (TPSA) is 49.3 Å². The largest absolute Gasteiger partial charge is 0.386 e. The van der Waals surface area contributed by atoms with Gasteiger partial charge in [0.1, 0.15) is 0 Å². The van der Waals surface area contributed by atoms with Crippen LogP contribution in [-0.4, -0.2) is 23.2 Å². The van der Waals surface area contributed by atoms with Gasteiger partial charge in [0.2, 0.25) is 5.91 Å². The van der Waals surface area contributed by atoms with Crippen LogP contribution in [0.2, 0.25) is 0 Å². The third-order valence-electron chi connectivity index (χ3n) is 3.39. The van der Waals surface area contributed by atoms with Gasteiger partial charge in [-0.25, -0.2) is 0 Å². The minimum Gasteiger partial charge on any atom is -0.386 e. The Morgan fingerprint density at radius 3 is 2.13 bits per heavy atom. The highest BCUT2D eigenvalue weighted by molar-refractivity contribution is 5.87. The van der Waals surface area contributed by atoms with E-state index in [1.807, 2.05) is 30.3 Å². The van der Waals surface area contributed by atoms with Gasteiger partial charge in [0.25, 0.3) is 0 Å². The van der Waals surface area contributed by atoms with Crippen LogP contribution in [0.4, 0.5) is 0 Å². The van der Waals surface area contributed by atoms with Crippen molar-refractivity contribution in [3.63, 3.8) is 0 Å². The van der Waals surface area contributed by atoms with Crippen LogP contribution < -0.4 is 5.32 Å². The van der Waals surface area contributed by atoms with Crippen LogP contribution >= 0.6 is 0 Å². The molecule has 0 radical (unpaired) electrons. The number of benzene rings is 1. The van der Waals surface area contributed by atoms with Gasteiger partial charge in [-0.1, -0.05) is 47.9 Å². The monoisotopic (exact) mass is 431 g/mol. The molecule has 1 amide bonds. The molecular formula is C28H49NO2. The van der Waals surface area contributed by atoms with Crippen LogP contribution in [0.1, 0.15) is 33.9 Å². The van der Waals surface area contributed by atoms with Crippen molar-refractivity contribution in [3.05, 3.63) is 135 Å². The zero-order chi connectivity index (χ0) is 22.6. The quantitative estimate of drug-likeness (QED) is 0.361. The average Bonchev–Trinajstić information content (AvgIpc) is 2.77. The number of nitrogens with one attached hydrogen (secondary N) is 1. The first-order valence-electron chi connectivity index (χ1n) is 9.18. The Morgan fingerprint density at radius 2 is 1.55 bits per heavy atom. The fourth-order valence-electron chi connectivity index (χ4n) is 1.91. The third-order valence-corrected chi connectivity index (χ3v) is 3.39. The number of carbonyl (C=O) groups excluding carboxylic acids is 1. The number of carbonyl (C=O) groups is 1. The Bertz CT molecular complexity index is 1340. The Labute approximate surface area is 204 Å². The summed E-state index contributed by atoms with van der Waals surface area (Å²) in [6, 6.07) is 9.31. The Kier molecular flexibility index (Phi) is 12.7. The van der Waals surface area contributed by atoms with Gasteiger partial charge >= 0.3 is 0 Å². The van der Waals surface area contributed by atoms with E-state index in [9.17, 15) is 9.90 Å². The number of hydrogen-bond acceptors (Lipinski definition) is 2. The molecule has 0 fully saturated rings. The van der Waals surface area contributed by atoms with Crippen molar-refractivity contribution < 1.29 is 31.3 Å². The standard InChI is InChI=1S/C28H19NO2.15H2/c1-3-4-5-6-7-8-9-10-11-12-13-14-18-23-27(30)25(2)29-28(31)24-19-22-26-20-16-15-17-21-26;;;;;;;;;;;;;;;/h15-17,19-21,23-25,27,30H,1,22H2,2H3,(H,29,31);15*1H/b24-19+;;;;;;;;;;;;;;;/t25-,27-;;;;;;;;;;;;;;;/m0.............../s1. The van der Waals surface area contributed by atoms with Gasteiger partial charge in [-0.05, 0) is 101 Å². The number of aliphatic hydroxyl groups is 1. The minimum absolute atomic E-state index is 0. The lowest BCUT2D eigenvalue weighted by molar-refractivity contribution is -0.117. The molecule has 0 bridgehead atoms. The number of allylic oxidation sites excluding steroid dienone is 1. The number of rotatable bonds is 6. The first-order chi connectivity index (χ1) is 15.1. The maximum absolute atomic E-state index is 11.9. The van der Waals surface area contributed by atoms with Gasteiger partial charge < -0.3 is 10.4 Å². The van der Waals surface area contributed by atoms with Crippen molar-refractivity contribution in [2.75, 3.05) is 0 Å². The van der Waals surface area contributed by atoms with Gasteiger partial charge in [0.15, 0.2) is 0 Å². The second kappa shape index (κ2) is 16.2.